The average Bonchev–Trinajstić information content (AvgIpc) is 3.69. The van der Waals surface area contributed by atoms with E-state index in [1.807, 2.05) is 44.2 Å². The SMILES string of the molecule is CC(C)[C@@H]1CN(C(=O)c2csc(-c3ccccc3)n2)CC(=O)NCCCc2ccc(F)c(c2)C(=O)N2CCC[C@H]2C(=O)N1. The van der Waals surface area contributed by atoms with E-state index in [0.29, 0.717) is 43.8 Å². The maximum Gasteiger partial charge on any atom is 0.273 e. The molecular formula is C32H36FN5O4S. The number of halogens is 1. The Morgan fingerprint density at radius 3 is 2.65 bits per heavy atom. The molecule has 11 heteroatoms. The van der Waals surface area contributed by atoms with Crippen LogP contribution in [-0.2, 0) is 16.0 Å². The molecule has 1 fully saturated rings. The van der Waals surface area contributed by atoms with Crippen LogP contribution in [0.5, 0.6) is 0 Å². The summed E-state index contributed by atoms with van der Waals surface area (Å²) in [6.07, 6.45) is 2.15. The number of nitrogens with one attached hydrogen (secondary N) is 2. The molecule has 9 nitrogen and oxygen atoms in total. The smallest absolute Gasteiger partial charge is 0.273 e. The summed E-state index contributed by atoms with van der Waals surface area (Å²) in [6.45, 7) is 4.41. The topological polar surface area (TPSA) is 112 Å². The van der Waals surface area contributed by atoms with E-state index in [4.69, 9.17) is 0 Å². The normalized spacial score (nSPS) is 20.4. The molecule has 0 aliphatic carbocycles. The third-order valence-electron chi connectivity index (χ3n) is 7.96. The summed E-state index contributed by atoms with van der Waals surface area (Å²) in [4.78, 5) is 61.3. The van der Waals surface area contributed by atoms with Crippen LogP contribution in [0.1, 0.15) is 59.5 Å². The Labute approximate surface area is 254 Å². The zero-order chi connectivity index (χ0) is 30.5. The standard InChI is InChI=1S/C32H36FN5O4S/c1-20(2)25-17-37(32(42)26-19-43-30(36-26)22-9-4-3-5-10-22)18-28(39)34-14-6-8-21-12-13-24(33)23(16-21)31(41)38-15-7-11-27(38)29(40)35-25/h3-5,9-10,12-13,16,19-20,25,27H,6-8,11,14-15,17-18H2,1-2H3,(H,34,39)(H,35,40)/t25-,27-/m0/s1. The molecule has 3 aromatic rings. The fraction of sp³-hybridized carbons (Fsp3) is 0.406. The van der Waals surface area contributed by atoms with Gasteiger partial charge in [0.25, 0.3) is 11.8 Å². The number of rotatable bonds is 3. The van der Waals surface area contributed by atoms with E-state index in [0.717, 1.165) is 11.1 Å². The minimum atomic E-state index is -0.757. The van der Waals surface area contributed by atoms with Gasteiger partial charge in [0, 0.05) is 36.6 Å². The quantitative estimate of drug-likeness (QED) is 0.471. The Hall–Kier alpha value is -4.12. The van der Waals surface area contributed by atoms with Crippen LogP contribution in [0.2, 0.25) is 0 Å². The van der Waals surface area contributed by atoms with Gasteiger partial charge in [-0.25, -0.2) is 9.37 Å². The lowest BCUT2D eigenvalue weighted by Gasteiger charge is -2.32. The molecule has 2 bridgehead atoms. The molecule has 0 radical (unpaired) electrons. The van der Waals surface area contributed by atoms with Gasteiger partial charge >= 0.3 is 0 Å². The first kappa shape index (κ1) is 30.3. The fourth-order valence-corrected chi connectivity index (χ4v) is 6.28. The second-order valence-electron chi connectivity index (χ2n) is 11.4. The Bertz CT molecular complexity index is 1490. The van der Waals surface area contributed by atoms with Gasteiger partial charge in [0.05, 0.1) is 12.1 Å². The molecule has 2 aromatic carbocycles. The first-order valence-corrected chi connectivity index (χ1v) is 15.6. The van der Waals surface area contributed by atoms with Crippen molar-refractivity contribution < 1.29 is 23.6 Å². The number of aromatic nitrogens is 1. The molecule has 2 N–H and O–H groups in total. The highest BCUT2D eigenvalue weighted by Crippen LogP contribution is 2.25. The molecule has 2 aliphatic rings. The van der Waals surface area contributed by atoms with E-state index in [9.17, 15) is 23.6 Å². The molecule has 0 saturated carbocycles. The van der Waals surface area contributed by atoms with Crippen LogP contribution in [0.15, 0.2) is 53.9 Å². The first-order chi connectivity index (χ1) is 20.7. The summed E-state index contributed by atoms with van der Waals surface area (Å²) in [6, 6.07) is 12.7. The van der Waals surface area contributed by atoms with Gasteiger partial charge in [0.1, 0.15) is 22.6 Å². The Morgan fingerprint density at radius 2 is 1.88 bits per heavy atom. The van der Waals surface area contributed by atoms with E-state index >= 15 is 0 Å². The third kappa shape index (κ3) is 7.10. The molecule has 0 unspecified atom stereocenters. The number of carbonyl (C=O) groups is 4. The minimum absolute atomic E-state index is 0.0548. The van der Waals surface area contributed by atoms with E-state index in [-0.39, 0.29) is 42.1 Å². The van der Waals surface area contributed by atoms with Crippen LogP contribution in [0.4, 0.5) is 4.39 Å². The van der Waals surface area contributed by atoms with Gasteiger partial charge < -0.3 is 20.4 Å². The largest absolute Gasteiger partial charge is 0.355 e. The number of amides is 4. The summed E-state index contributed by atoms with van der Waals surface area (Å²) >= 11 is 1.35. The van der Waals surface area contributed by atoms with Crippen molar-refractivity contribution in [3.05, 3.63) is 76.5 Å². The van der Waals surface area contributed by atoms with Crippen molar-refractivity contribution in [2.45, 2.75) is 51.6 Å². The summed E-state index contributed by atoms with van der Waals surface area (Å²) in [7, 11) is 0. The maximum atomic E-state index is 14.8. The van der Waals surface area contributed by atoms with Gasteiger partial charge in [-0.05, 0) is 49.3 Å². The maximum absolute atomic E-state index is 14.8. The molecule has 4 amide bonds. The van der Waals surface area contributed by atoms with Crippen LogP contribution in [0, 0.1) is 11.7 Å². The molecule has 226 valence electrons. The average molecular weight is 606 g/mol. The van der Waals surface area contributed by atoms with Crippen LogP contribution < -0.4 is 10.6 Å². The molecule has 5 rings (SSSR count). The van der Waals surface area contributed by atoms with Crippen LogP contribution in [0.25, 0.3) is 10.6 Å². The predicted molar refractivity (Wildman–Crippen MR) is 162 cm³/mol. The van der Waals surface area contributed by atoms with Crippen molar-refractivity contribution in [3.8, 4) is 10.6 Å². The summed E-state index contributed by atoms with van der Waals surface area (Å²) in [5.41, 5.74) is 1.82. The molecule has 2 aliphatic heterocycles. The van der Waals surface area contributed by atoms with Gasteiger partial charge in [-0.2, -0.15) is 0 Å². The van der Waals surface area contributed by atoms with Crippen molar-refractivity contribution in [2.24, 2.45) is 5.92 Å². The van der Waals surface area contributed by atoms with E-state index in [2.05, 4.69) is 15.6 Å². The minimum Gasteiger partial charge on any atom is -0.355 e. The lowest BCUT2D eigenvalue weighted by Crippen LogP contribution is -2.54. The van der Waals surface area contributed by atoms with Crippen molar-refractivity contribution in [1.29, 1.82) is 0 Å². The second-order valence-corrected chi connectivity index (χ2v) is 12.2. The molecule has 0 spiro atoms. The van der Waals surface area contributed by atoms with Crippen molar-refractivity contribution in [1.82, 2.24) is 25.4 Å². The molecule has 43 heavy (non-hydrogen) atoms. The number of fused-ring (bicyclic) bond motifs is 3. The lowest BCUT2D eigenvalue weighted by molar-refractivity contribution is -0.126. The first-order valence-electron chi connectivity index (χ1n) is 14.7. The highest BCUT2D eigenvalue weighted by molar-refractivity contribution is 7.13. The highest BCUT2D eigenvalue weighted by Gasteiger charge is 2.37. The Kier molecular flexibility index (Phi) is 9.49. The van der Waals surface area contributed by atoms with Gasteiger partial charge in [-0.3, -0.25) is 19.2 Å². The second kappa shape index (κ2) is 13.5. The Morgan fingerprint density at radius 1 is 1.09 bits per heavy atom. The van der Waals surface area contributed by atoms with Gasteiger partial charge in [0.15, 0.2) is 0 Å². The molecular weight excluding hydrogens is 569 g/mol. The highest BCUT2D eigenvalue weighted by atomic mass is 32.1. The number of carbonyl (C=O) groups excluding carboxylic acids is 4. The molecule has 2 atom stereocenters. The van der Waals surface area contributed by atoms with Gasteiger partial charge in [0.2, 0.25) is 11.8 Å². The summed E-state index contributed by atoms with van der Waals surface area (Å²) in [5, 5.41) is 8.28. The number of hydrogen-bond acceptors (Lipinski definition) is 6. The number of nitrogens with zero attached hydrogens (tertiary/aromatic N) is 3. The van der Waals surface area contributed by atoms with Crippen LogP contribution >= 0.6 is 11.3 Å². The van der Waals surface area contributed by atoms with Crippen LogP contribution in [-0.4, -0.2) is 76.7 Å². The zero-order valence-electron chi connectivity index (χ0n) is 24.3. The monoisotopic (exact) mass is 605 g/mol. The van der Waals surface area contributed by atoms with E-state index < -0.39 is 29.7 Å². The third-order valence-corrected chi connectivity index (χ3v) is 8.85. The van der Waals surface area contributed by atoms with E-state index in [1.165, 1.54) is 27.2 Å². The fourth-order valence-electron chi connectivity index (χ4n) is 5.48. The summed E-state index contributed by atoms with van der Waals surface area (Å²) in [5.74, 6) is -2.33. The van der Waals surface area contributed by atoms with Gasteiger partial charge in [-0.1, -0.05) is 50.2 Å². The number of benzene rings is 2. The van der Waals surface area contributed by atoms with Crippen molar-refractivity contribution in [2.75, 3.05) is 26.2 Å². The van der Waals surface area contributed by atoms with Crippen molar-refractivity contribution >= 4 is 35.0 Å². The predicted octanol–water partition coefficient (Wildman–Crippen LogP) is 3.90. The van der Waals surface area contributed by atoms with E-state index in [1.54, 1.807) is 17.5 Å². The summed E-state index contributed by atoms with van der Waals surface area (Å²) < 4.78 is 14.8. The lowest BCUT2D eigenvalue weighted by atomic mass is 10.0. The number of aryl methyl sites for hydroxylation is 1. The van der Waals surface area contributed by atoms with Crippen molar-refractivity contribution in [3.63, 3.8) is 0 Å². The van der Waals surface area contributed by atoms with Crippen LogP contribution in [0.3, 0.4) is 0 Å². The molecule has 1 saturated heterocycles. The number of hydrogen-bond donors (Lipinski definition) is 2. The van der Waals surface area contributed by atoms with Gasteiger partial charge in [-0.15, -0.1) is 11.3 Å². The number of thiazole rings is 1. The zero-order valence-corrected chi connectivity index (χ0v) is 25.2. The Balaban J connectivity index is 1.43. The molecule has 3 heterocycles. The molecule has 1 aromatic heterocycles.